The molecule has 84 valence electrons. The first-order valence-electron chi connectivity index (χ1n) is 5.44. The van der Waals surface area contributed by atoms with Gasteiger partial charge >= 0.3 is 0 Å². The third kappa shape index (κ3) is 3.88. The predicted octanol–water partition coefficient (Wildman–Crippen LogP) is 3.80. The molecule has 2 heteroatoms. The van der Waals surface area contributed by atoms with Gasteiger partial charge in [0.1, 0.15) is 0 Å². The summed E-state index contributed by atoms with van der Waals surface area (Å²) in [7, 11) is 0. The van der Waals surface area contributed by atoms with Crippen LogP contribution in [0.2, 0.25) is 0 Å². The number of hydrogen-bond donors (Lipinski definition) is 1. The molecule has 0 aromatic heterocycles. The third-order valence-corrected chi connectivity index (χ3v) is 3.19. The van der Waals surface area contributed by atoms with Gasteiger partial charge in [0.05, 0.1) is 6.61 Å². The van der Waals surface area contributed by atoms with E-state index in [2.05, 4.69) is 45.9 Å². The average molecular weight is 224 g/mol. The number of thioether (sulfide) groups is 1. The van der Waals surface area contributed by atoms with Crippen molar-refractivity contribution in [1.82, 2.24) is 0 Å². The molecule has 1 aromatic rings. The van der Waals surface area contributed by atoms with E-state index in [1.54, 1.807) is 0 Å². The molecule has 0 radical (unpaired) electrons. The van der Waals surface area contributed by atoms with Crippen molar-refractivity contribution in [3.63, 3.8) is 0 Å². The molecule has 15 heavy (non-hydrogen) atoms. The maximum atomic E-state index is 9.19. The van der Waals surface area contributed by atoms with Crippen molar-refractivity contribution in [2.75, 3.05) is 0 Å². The van der Waals surface area contributed by atoms with Gasteiger partial charge in [0, 0.05) is 10.1 Å². The number of aliphatic hydroxyl groups excluding tert-OH is 1. The zero-order valence-electron chi connectivity index (χ0n) is 9.95. The van der Waals surface area contributed by atoms with Crippen LogP contribution in [0.4, 0.5) is 0 Å². The predicted molar refractivity (Wildman–Crippen MR) is 67.4 cm³/mol. The molecule has 0 heterocycles. The molecule has 0 aliphatic carbocycles. The Balaban J connectivity index is 3.00. The summed E-state index contributed by atoms with van der Waals surface area (Å²) in [6.45, 7) is 8.86. The van der Waals surface area contributed by atoms with E-state index >= 15 is 0 Å². The average Bonchev–Trinajstić information content (AvgIpc) is 2.16. The van der Waals surface area contributed by atoms with E-state index in [1.807, 2.05) is 11.8 Å². The normalized spacial score (nSPS) is 11.4. The van der Waals surface area contributed by atoms with E-state index < -0.39 is 0 Å². The molecule has 0 amide bonds. The molecular weight excluding hydrogens is 204 g/mol. The van der Waals surface area contributed by atoms with Crippen molar-refractivity contribution in [3.8, 4) is 0 Å². The van der Waals surface area contributed by atoms with Crippen molar-refractivity contribution < 1.29 is 5.11 Å². The molecule has 0 aliphatic rings. The lowest BCUT2D eigenvalue weighted by atomic mass is 10.0. The summed E-state index contributed by atoms with van der Waals surface area (Å²) in [5.41, 5.74) is 2.33. The van der Waals surface area contributed by atoms with Crippen LogP contribution in [-0.2, 0) is 6.61 Å². The minimum Gasteiger partial charge on any atom is -0.392 e. The smallest absolute Gasteiger partial charge is 0.0682 e. The van der Waals surface area contributed by atoms with E-state index in [9.17, 15) is 5.11 Å². The molecule has 0 spiro atoms. The summed E-state index contributed by atoms with van der Waals surface area (Å²) in [6, 6.07) is 6.40. The molecule has 1 rings (SSSR count). The molecule has 0 fully saturated rings. The Morgan fingerprint density at radius 3 is 2.27 bits per heavy atom. The van der Waals surface area contributed by atoms with Crippen molar-refractivity contribution >= 4 is 11.8 Å². The van der Waals surface area contributed by atoms with Crippen molar-refractivity contribution in [2.24, 2.45) is 0 Å². The molecule has 1 aromatic carbocycles. The van der Waals surface area contributed by atoms with Crippen molar-refractivity contribution in [1.29, 1.82) is 0 Å². The first-order chi connectivity index (χ1) is 7.02. The fourth-order valence-corrected chi connectivity index (χ4v) is 2.42. The van der Waals surface area contributed by atoms with Crippen molar-refractivity contribution in [2.45, 2.75) is 50.4 Å². The molecular formula is C13H20OS. The Morgan fingerprint density at radius 2 is 1.80 bits per heavy atom. The largest absolute Gasteiger partial charge is 0.392 e. The van der Waals surface area contributed by atoms with Crippen LogP contribution in [0.15, 0.2) is 23.1 Å². The second-order valence-corrected chi connectivity index (χ2v) is 6.04. The van der Waals surface area contributed by atoms with Crippen LogP contribution in [0, 0.1) is 0 Å². The first-order valence-corrected chi connectivity index (χ1v) is 6.32. The van der Waals surface area contributed by atoms with Gasteiger partial charge in [-0.2, -0.15) is 0 Å². The fraction of sp³-hybridized carbons (Fsp3) is 0.538. The monoisotopic (exact) mass is 224 g/mol. The minimum atomic E-state index is 0.131. The third-order valence-electron chi connectivity index (χ3n) is 2.21. The molecule has 0 saturated carbocycles. The highest BCUT2D eigenvalue weighted by Crippen LogP contribution is 2.28. The molecule has 1 nitrogen and oxygen atoms in total. The topological polar surface area (TPSA) is 20.2 Å². The lowest BCUT2D eigenvalue weighted by Gasteiger charge is -2.12. The van der Waals surface area contributed by atoms with Gasteiger partial charge in [-0.15, -0.1) is 11.8 Å². The molecule has 1 N–H and O–H groups in total. The summed E-state index contributed by atoms with van der Waals surface area (Å²) in [5, 5.41) is 9.78. The SMILES string of the molecule is CC(C)Sc1cc(CO)cc(C(C)C)c1. The summed E-state index contributed by atoms with van der Waals surface area (Å²) in [5.74, 6) is 0.517. The highest BCUT2D eigenvalue weighted by molar-refractivity contribution is 7.99. The van der Waals surface area contributed by atoms with Crippen LogP contribution in [-0.4, -0.2) is 10.4 Å². The summed E-state index contributed by atoms with van der Waals surface area (Å²) >= 11 is 1.85. The zero-order valence-corrected chi connectivity index (χ0v) is 10.8. The molecule has 0 unspecified atom stereocenters. The van der Waals surface area contributed by atoms with Crippen LogP contribution in [0.1, 0.15) is 44.7 Å². The standard InChI is InChI=1S/C13H20OS/c1-9(2)12-5-11(8-14)6-13(7-12)15-10(3)4/h5-7,9-10,14H,8H2,1-4H3. The molecule has 0 aliphatic heterocycles. The van der Waals surface area contributed by atoms with Crippen LogP contribution < -0.4 is 0 Å². The van der Waals surface area contributed by atoms with E-state index in [1.165, 1.54) is 10.5 Å². The van der Waals surface area contributed by atoms with E-state index in [0.29, 0.717) is 11.2 Å². The van der Waals surface area contributed by atoms with E-state index in [4.69, 9.17) is 0 Å². The maximum Gasteiger partial charge on any atom is 0.0682 e. The van der Waals surface area contributed by atoms with Gasteiger partial charge in [-0.25, -0.2) is 0 Å². The highest BCUT2D eigenvalue weighted by Gasteiger charge is 2.05. The summed E-state index contributed by atoms with van der Waals surface area (Å²) < 4.78 is 0. The second kappa shape index (κ2) is 5.57. The lowest BCUT2D eigenvalue weighted by Crippen LogP contribution is -1.94. The second-order valence-electron chi connectivity index (χ2n) is 4.39. The Bertz CT molecular complexity index is 318. The summed E-state index contributed by atoms with van der Waals surface area (Å²) in [4.78, 5) is 1.26. The first kappa shape index (κ1) is 12.6. The van der Waals surface area contributed by atoms with Crippen LogP contribution in [0.5, 0.6) is 0 Å². The van der Waals surface area contributed by atoms with Crippen LogP contribution >= 0.6 is 11.8 Å². The Hall–Kier alpha value is -0.470. The van der Waals surface area contributed by atoms with E-state index in [0.717, 1.165) is 5.56 Å². The van der Waals surface area contributed by atoms with Crippen LogP contribution in [0.3, 0.4) is 0 Å². The number of benzene rings is 1. The van der Waals surface area contributed by atoms with Crippen molar-refractivity contribution in [3.05, 3.63) is 29.3 Å². The van der Waals surface area contributed by atoms with E-state index in [-0.39, 0.29) is 6.61 Å². The van der Waals surface area contributed by atoms with Gasteiger partial charge in [0.15, 0.2) is 0 Å². The number of rotatable bonds is 4. The van der Waals surface area contributed by atoms with Gasteiger partial charge < -0.3 is 5.11 Å². The zero-order chi connectivity index (χ0) is 11.4. The van der Waals surface area contributed by atoms with Gasteiger partial charge in [0.25, 0.3) is 0 Å². The van der Waals surface area contributed by atoms with Gasteiger partial charge in [-0.1, -0.05) is 33.8 Å². The maximum absolute atomic E-state index is 9.19. The fourth-order valence-electron chi connectivity index (χ4n) is 1.45. The number of aliphatic hydroxyl groups is 1. The van der Waals surface area contributed by atoms with Gasteiger partial charge in [-0.3, -0.25) is 0 Å². The van der Waals surface area contributed by atoms with Gasteiger partial charge in [-0.05, 0) is 29.2 Å². The lowest BCUT2D eigenvalue weighted by molar-refractivity contribution is 0.281. The molecule has 0 saturated heterocycles. The molecule has 0 bridgehead atoms. The Morgan fingerprint density at radius 1 is 1.13 bits per heavy atom. The van der Waals surface area contributed by atoms with Gasteiger partial charge in [0.2, 0.25) is 0 Å². The quantitative estimate of drug-likeness (QED) is 0.785. The van der Waals surface area contributed by atoms with Crippen LogP contribution in [0.25, 0.3) is 0 Å². The Kier molecular flexibility index (Phi) is 4.68. The summed E-state index contributed by atoms with van der Waals surface area (Å²) in [6.07, 6.45) is 0. The number of hydrogen-bond acceptors (Lipinski definition) is 2. The minimum absolute atomic E-state index is 0.131. The Labute approximate surface area is 96.9 Å². The highest BCUT2D eigenvalue weighted by atomic mass is 32.2. The molecule has 0 atom stereocenters.